The van der Waals surface area contributed by atoms with Crippen molar-refractivity contribution in [1.82, 2.24) is 0 Å². The third kappa shape index (κ3) is 1.93. The molecule has 0 radical (unpaired) electrons. The van der Waals surface area contributed by atoms with Crippen molar-refractivity contribution in [2.24, 2.45) is 17.1 Å². The highest BCUT2D eigenvalue weighted by atomic mass is 35.5. The highest BCUT2D eigenvalue weighted by Crippen LogP contribution is 2.58. The molecular weight excluding hydrogens is 288 g/mol. The Morgan fingerprint density at radius 3 is 2.90 bits per heavy atom. The zero-order valence-corrected chi connectivity index (χ0v) is 13.3. The molecule has 2 fully saturated rings. The molecule has 5 heteroatoms. The summed E-state index contributed by atoms with van der Waals surface area (Å²) in [6.07, 6.45) is 0.903. The molecule has 1 heterocycles. The van der Waals surface area contributed by atoms with Crippen LogP contribution in [0.5, 0.6) is 0 Å². The van der Waals surface area contributed by atoms with Crippen LogP contribution >= 0.6 is 11.6 Å². The van der Waals surface area contributed by atoms with Crippen molar-refractivity contribution in [2.75, 3.05) is 11.9 Å². The maximum Gasteiger partial charge on any atom is 0.245 e. The van der Waals surface area contributed by atoms with Gasteiger partial charge in [0.2, 0.25) is 5.91 Å². The van der Waals surface area contributed by atoms with E-state index in [1.165, 1.54) is 0 Å². The molecule has 1 saturated heterocycles. The Balaban J connectivity index is 1.87. The molecule has 1 saturated carbocycles. The Kier molecular flexibility index (Phi) is 3.32. The van der Waals surface area contributed by atoms with E-state index in [2.05, 4.69) is 5.32 Å². The van der Waals surface area contributed by atoms with Crippen molar-refractivity contribution in [1.29, 1.82) is 0 Å². The van der Waals surface area contributed by atoms with Crippen LogP contribution in [0.3, 0.4) is 0 Å². The number of halogens is 1. The number of amides is 1. The predicted molar refractivity (Wildman–Crippen MR) is 83.4 cm³/mol. The molecule has 0 spiro atoms. The van der Waals surface area contributed by atoms with E-state index in [1.807, 2.05) is 32.9 Å². The number of benzene rings is 1. The molecule has 4 nitrogen and oxygen atoms in total. The summed E-state index contributed by atoms with van der Waals surface area (Å²) in [5.41, 5.74) is 6.87. The average molecular weight is 309 g/mol. The fourth-order valence-electron chi connectivity index (χ4n) is 3.81. The second-order valence-corrected chi connectivity index (χ2v) is 7.12. The van der Waals surface area contributed by atoms with Crippen LogP contribution in [0.4, 0.5) is 5.69 Å². The largest absolute Gasteiger partial charge is 0.377 e. The lowest BCUT2D eigenvalue weighted by atomic mass is 9.48. The number of aryl methyl sites for hydroxylation is 1. The number of fused-ring (bicyclic) bond motifs is 1. The number of carbonyl (C=O) groups excluding carboxylic acids is 1. The Labute approximate surface area is 130 Å². The smallest absolute Gasteiger partial charge is 0.245 e. The molecular formula is C16H21ClN2O2. The van der Waals surface area contributed by atoms with Gasteiger partial charge in [0, 0.05) is 17.9 Å². The molecule has 21 heavy (non-hydrogen) atoms. The maximum atomic E-state index is 12.8. The van der Waals surface area contributed by atoms with Gasteiger partial charge in [-0.3, -0.25) is 4.79 Å². The normalized spacial score (nSPS) is 33.2. The van der Waals surface area contributed by atoms with E-state index in [0.29, 0.717) is 17.3 Å². The van der Waals surface area contributed by atoms with Crippen LogP contribution in [0.1, 0.15) is 25.8 Å². The zero-order valence-electron chi connectivity index (χ0n) is 12.6. The summed E-state index contributed by atoms with van der Waals surface area (Å²) in [6.45, 7) is 6.63. The lowest BCUT2D eigenvalue weighted by Gasteiger charge is -2.60. The van der Waals surface area contributed by atoms with Crippen molar-refractivity contribution in [2.45, 2.75) is 38.8 Å². The van der Waals surface area contributed by atoms with Gasteiger partial charge in [-0.25, -0.2) is 0 Å². The van der Waals surface area contributed by atoms with Crippen LogP contribution < -0.4 is 11.1 Å². The third-order valence-corrected chi connectivity index (χ3v) is 5.53. The maximum absolute atomic E-state index is 12.8. The van der Waals surface area contributed by atoms with E-state index in [1.54, 1.807) is 6.07 Å². The molecule has 0 aromatic heterocycles. The van der Waals surface area contributed by atoms with Gasteiger partial charge in [-0.05, 0) is 31.0 Å². The van der Waals surface area contributed by atoms with Gasteiger partial charge in [0.25, 0.3) is 0 Å². The molecule has 1 amide bonds. The molecule has 3 unspecified atom stereocenters. The van der Waals surface area contributed by atoms with E-state index in [-0.39, 0.29) is 23.3 Å². The van der Waals surface area contributed by atoms with Gasteiger partial charge in [-0.1, -0.05) is 31.5 Å². The standard InChI is InChI=1S/C16H21ClN2O2/c1-9-4-5-11(17)12(8-9)19-14(20)16(18)10-6-7-21-13(10)15(16,2)3/h4-5,8,10,13H,6-7,18H2,1-3H3,(H,19,20). The first-order valence-corrected chi connectivity index (χ1v) is 7.64. The van der Waals surface area contributed by atoms with Gasteiger partial charge in [-0.2, -0.15) is 0 Å². The first-order valence-electron chi connectivity index (χ1n) is 7.26. The number of nitrogens with two attached hydrogens (primary N) is 1. The van der Waals surface area contributed by atoms with Crippen molar-refractivity contribution in [3.05, 3.63) is 28.8 Å². The monoisotopic (exact) mass is 308 g/mol. The minimum Gasteiger partial charge on any atom is -0.377 e. The molecule has 2 aliphatic rings. The highest BCUT2D eigenvalue weighted by Gasteiger charge is 2.71. The number of hydrogen-bond acceptors (Lipinski definition) is 3. The Morgan fingerprint density at radius 2 is 2.19 bits per heavy atom. The zero-order chi connectivity index (χ0) is 15.4. The van der Waals surface area contributed by atoms with E-state index in [0.717, 1.165) is 12.0 Å². The lowest BCUT2D eigenvalue weighted by Crippen LogP contribution is -2.79. The number of hydrogen-bond donors (Lipinski definition) is 2. The molecule has 114 valence electrons. The summed E-state index contributed by atoms with van der Waals surface area (Å²) >= 11 is 6.15. The summed E-state index contributed by atoms with van der Waals surface area (Å²) in [6, 6.07) is 5.55. The predicted octanol–water partition coefficient (Wildman–Crippen LogP) is 2.73. The van der Waals surface area contributed by atoms with E-state index in [4.69, 9.17) is 22.1 Å². The summed E-state index contributed by atoms with van der Waals surface area (Å²) in [5.74, 6) is -0.0946. The second-order valence-electron chi connectivity index (χ2n) is 6.71. The van der Waals surface area contributed by atoms with E-state index < -0.39 is 5.54 Å². The van der Waals surface area contributed by atoms with Gasteiger partial charge in [0.05, 0.1) is 16.8 Å². The quantitative estimate of drug-likeness (QED) is 0.883. The van der Waals surface area contributed by atoms with E-state index in [9.17, 15) is 4.79 Å². The number of anilines is 1. The van der Waals surface area contributed by atoms with Gasteiger partial charge >= 0.3 is 0 Å². The fraction of sp³-hybridized carbons (Fsp3) is 0.562. The van der Waals surface area contributed by atoms with Gasteiger partial charge < -0.3 is 15.8 Å². The molecule has 1 aromatic carbocycles. The van der Waals surface area contributed by atoms with Gasteiger partial charge in [-0.15, -0.1) is 0 Å². The molecule has 0 bridgehead atoms. The van der Waals surface area contributed by atoms with Crippen LogP contribution in [0, 0.1) is 18.3 Å². The summed E-state index contributed by atoms with van der Waals surface area (Å²) in [4.78, 5) is 12.8. The van der Waals surface area contributed by atoms with Crippen LogP contribution in [0.2, 0.25) is 5.02 Å². The number of carbonyl (C=O) groups is 1. The van der Waals surface area contributed by atoms with Crippen molar-refractivity contribution in [3.8, 4) is 0 Å². The number of ether oxygens (including phenoxy) is 1. The lowest BCUT2D eigenvalue weighted by molar-refractivity contribution is -0.170. The first-order chi connectivity index (χ1) is 9.78. The average Bonchev–Trinajstić information content (AvgIpc) is 2.90. The molecule has 1 aliphatic heterocycles. The van der Waals surface area contributed by atoms with Crippen LogP contribution in [0.15, 0.2) is 18.2 Å². The molecule has 3 atom stereocenters. The van der Waals surface area contributed by atoms with Crippen LogP contribution in [0.25, 0.3) is 0 Å². The Morgan fingerprint density at radius 1 is 1.48 bits per heavy atom. The molecule has 1 aliphatic carbocycles. The topological polar surface area (TPSA) is 64.4 Å². The summed E-state index contributed by atoms with van der Waals surface area (Å²) in [7, 11) is 0. The number of nitrogens with one attached hydrogen (secondary N) is 1. The van der Waals surface area contributed by atoms with Crippen LogP contribution in [-0.2, 0) is 9.53 Å². The van der Waals surface area contributed by atoms with Gasteiger partial charge in [0.15, 0.2) is 0 Å². The molecule has 3 N–H and O–H groups in total. The fourth-order valence-corrected chi connectivity index (χ4v) is 3.97. The van der Waals surface area contributed by atoms with Crippen molar-refractivity contribution < 1.29 is 9.53 Å². The van der Waals surface area contributed by atoms with Gasteiger partial charge in [0.1, 0.15) is 5.54 Å². The second kappa shape index (κ2) is 4.70. The first kappa shape index (κ1) is 14.8. The summed E-state index contributed by atoms with van der Waals surface area (Å²) in [5, 5.41) is 3.43. The Bertz CT molecular complexity index is 602. The highest BCUT2D eigenvalue weighted by molar-refractivity contribution is 6.33. The van der Waals surface area contributed by atoms with E-state index >= 15 is 0 Å². The third-order valence-electron chi connectivity index (χ3n) is 5.20. The molecule has 3 rings (SSSR count). The number of rotatable bonds is 2. The van der Waals surface area contributed by atoms with Crippen LogP contribution in [-0.4, -0.2) is 24.2 Å². The molecule has 1 aromatic rings. The van der Waals surface area contributed by atoms with Crippen molar-refractivity contribution in [3.63, 3.8) is 0 Å². The SMILES string of the molecule is Cc1ccc(Cl)c(NC(=O)C2(N)C3CCOC3C2(C)C)c1. The minimum atomic E-state index is -0.915. The van der Waals surface area contributed by atoms with Crippen molar-refractivity contribution >= 4 is 23.2 Å². The summed E-state index contributed by atoms with van der Waals surface area (Å²) < 4.78 is 5.72. The Hall–Kier alpha value is -1.10. The minimum absolute atomic E-state index is 0.0706.